The summed E-state index contributed by atoms with van der Waals surface area (Å²) in [7, 11) is 0. The highest BCUT2D eigenvalue weighted by Gasteiger charge is 2.58. The van der Waals surface area contributed by atoms with Crippen LogP contribution in [-0.4, -0.2) is 82.4 Å². The molecular formula is C34H61NO10. The molecule has 11 nitrogen and oxygen atoms in total. The first-order valence-corrected chi connectivity index (χ1v) is 17.3. The van der Waals surface area contributed by atoms with Crippen molar-refractivity contribution in [2.45, 2.75) is 173 Å². The van der Waals surface area contributed by atoms with E-state index >= 15 is 0 Å². The summed E-state index contributed by atoms with van der Waals surface area (Å²) in [6.45, 7) is 10.4. The maximum absolute atomic E-state index is 12.4. The van der Waals surface area contributed by atoms with E-state index in [1.165, 1.54) is 83.5 Å². The number of hydrogen-bond acceptors (Lipinski definition) is 9. The van der Waals surface area contributed by atoms with Gasteiger partial charge in [0.25, 0.3) is 0 Å². The second-order valence-electron chi connectivity index (χ2n) is 14.2. The summed E-state index contributed by atoms with van der Waals surface area (Å²) in [6.07, 6.45) is 17.2. The van der Waals surface area contributed by atoms with E-state index in [1.807, 2.05) is 27.7 Å². The van der Waals surface area contributed by atoms with Crippen molar-refractivity contribution >= 4 is 18.3 Å². The van der Waals surface area contributed by atoms with Crippen molar-refractivity contribution in [2.24, 2.45) is 0 Å². The second kappa shape index (κ2) is 18.9. The van der Waals surface area contributed by atoms with Gasteiger partial charge in [0.05, 0.1) is 0 Å². The lowest BCUT2D eigenvalue weighted by molar-refractivity contribution is -0.387. The lowest BCUT2D eigenvalue weighted by Gasteiger charge is -2.60. The van der Waals surface area contributed by atoms with Crippen LogP contribution in [0.4, 0.5) is 9.59 Å². The predicted molar refractivity (Wildman–Crippen MR) is 170 cm³/mol. The molecule has 2 aliphatic heterocycles. The number of hydrogen-bond donors (Lipinski definition) is 2. The Kier molecular flexibility index (Phi) is 16.4. The van der Waals surface area contributed by atoms with E-state index in [2.05, 4.69) is 11.8 Å². The highest BCUT2D eigenvalue weighted by atomic mass is 16.8. The number of carbonyl (C=O) groups is 3. The molecule has 45 heavy (non-hydrogen) atoms. The molecule has 0 aromatic heterocycles. The van der Waals surface area contributed by atoms with Gasteiger partial charge in [-0.25, -0.2) is 9.59 Å². The zero-order chi connectivity index (χ0) is 33.4. The fraction of sp³-hybridized carbons (Fsp3) is 0.912. The molecule has 0 atom stereocenters. The van der Waals surface area contributed by atoms with Crippen LogP contribution in [0.3, 0.4) is 0 Å². The van der Waals surface area contributed by atoms with E-state index in [9.17, 15) is 14.4 Å². The predicted octanol–water partition coefficient (Wildman–Crippen LogP) is 8.27. The molecule has 1 spiro atoms. The zero-order valence-corrected chi connectivity index (χ0v) is 28.7. The molecule has 0 bridgehead atoms. The third-order valence-electron chi connectivity index (χ3n) is 9.08. The Morgan fingerprint density at radius 3 is 1.47 bits per heavy atom. The van der Waals surface area contributed by atoms with Crippen molar-refractivity contribution in [1.82, 2.24) is 4.90 Å². The standard InChI is InChI=1S/C34H61NO10/c1-6-7-8-9-10-11-12-13-14-15-16-17-18-19-20-21-28(36)41-23-22-35-31(2,3)24-33(25-32(35,4)5)42-26-34(27-43-33,44-29(37)38)45-30(39)40/h6-27H2,1-5H3,(H,37,38)(H,39,40). The number of likely N-dealkylation sites (tertiary alicyclic amines) is 1. The average Bonchev–Trinajstić information content (AvgIpc) is 2.93. The highest BCUT2D eigenvalue weighted by molar-refractivity contribution is 5.69. The summed E-state index contributed by atoms with van der Waals surface area (Å²) in [5.41, 5.74) is -0.882. The van der Waals surface area contributed by atoms with Crippen molar-refractivity contribution in [2.75, 3.05) is 26.4 Å². The number of ether oxygens (including phenoxy) is 5. The molecule has 2 fully saturated rings. The van der Waals surface area contributed by atoms with Crippen LogP contribution >= 0.6 is 0 Å². The van der Waals surface area contributed by atoms with Gasteiger partial charge in [0.1, 0.15) is 19.8 Å². The van der Waals surface area contributed by atoms with Crippen LogP contribution in [0, 0.1) is 0 Å². The maximum atomic E-state index is 12.4. The highest BCUT2D eigenvalue weighted by Crippen LogP contribution is 2.48. The van der Waals surface area contributed by atoms with Crippen LogP contribution in [0.2, 0.25) is 0 Å². The van der Waals surface area contributed by atoms with Gasteiger partial charge in [-0.05, 0) is 34.1 Å². The Labute approximate surface area is 270 Å². The van der Waals surface area contributed by atoms with E-state index < -0.39 is 48.2 Å². The minimum absolute atomic E-state index is 0.166. The van der Waals surface area contributed by atoms with Gasteiger partial charge in [0.2, 0.25) is 0 Å². The first-order valence-electron chi connectivity index (χ1n) is 17.3. The van der Waals surface area contributed by atoms with Gasteiger partial charge in [0, 0.05) is 36.9 Å². The molecule has 2 heterocycles. The van der Waals surface area contributed by atoms with Crippen LogP contribution in [0.25, 0.3) is 0 Å². The minimum atomic E-state index is -2.09. The Hall–Kier alpha value is -2.11. The lowest BCUT2D eigenvalue weighted by Crippen LogP contribution is -2.70. The monoisotopic (exact) mass is 643 g/mol. The van der Waals surface area contributed by atoms with E-state index in [-0.39, 0.29) is 12.6 Å². The summed E-state index contributed by atoms with van der Waals surface area (Å²) in [4.78, 5) is 37.0. The van der Waals surface area contributed by atoms with E-state index in [0.717, 1.165) is 12.8 Å². The molecule has 262 valence electrons. The van der Waals surface area contributed by atoms with Crippen molar-refractivity contribution in [3.05, 3.63) is 0 Å². The number of nitrogens with zero attached hydrogens (tertiary/aromatic N) is 1. The number of carboxylic acid groups (broad SMARTS) is 2. The van der Waals surface area contributed by atoms with Crippen LogP contribution in [0.5, 0.6) is 0 Å². The number of unbranched alkanes of at least 4 members (excludes halogenated alkanes) is 14. The Balaban J connectivity index is 1.63. The second-order valence-corrected chi connectivity index (χ2v) is 14.2. The zero-order valence-electron chi connectivity index (χ0n) is 28.7. The van der Waals surface area contributed by atoms with Gasteiger partial charge >= 0.3 is 24.1 Å². The van der Waals surface area contributed by atoms with Gasteiger partial charge in [-0.2, -0.15) is 0 Å². The first-order chi connectivity index (χ1) is 21.2. The summed E-state index contributed by atoms with van der Waals surface area (Å²) in [6, 6.07) is 0. The molecule has 2 saturated heterocycles. The number of esters is 1. The SMILES string of the molecule is CCCCCCCCCCCCCCCCCC(=O)OCCN1C(C)(C)CC2(CC1(C)C)OCC(OC(=O)O)(OC(=O)O)CO2. The summed E-state index contributed by atoms with van der Waals surface area (Å²) >= 11 is 0. The molecule has 2 rings (SSSR count). The van der Waals surface area contributed by atoms with Gasteiger partial charge in [-0.1, -0.05) is 96.8 Å². The molecule has 0 aliphatic carbocycles. The summed E-state index contributed by atoms with van der Waals surface area (Å²) in [5.74, 6) is -3.34. The van der Waals surface area contributed by atoms with Crippen molar-refractivity contribution in [1.29, 1.82) is 0 Å². The fourth-order valence-electron chi connectivity index (χ4n) is 7.19. The van der Waals surface area contributed by atoms with Crippen molar-refractivity contribution in [3.63, 3.8) is 0 Å². The van der Waals surface area contributed by atoms with Gasteiger partial charge in [-0.15, -0.1) is 0 Å². The van der Waals surface area contributed by atoms with Crippen molar-refractivity contribution in [3.8, 4) is 0 Å². The van der Waals surface area contributed by atoms with Crippen LogP contribution in [0.1, 0.15) is 150 Å². The smallest absolute Gasteiger partial charge is 0.464 e. The van der Waals surface area contributed by atoms with E-state index in [1.54, 1.807) is 0 Å². The van der Waals surface area contributed by atoms with Crippen LogP contribution < -0.4 is 0 Å². The number of carbonyl (C=O) groups excluding carboxylic acids is 1. The fourth-order valence-corrected chi connectivity index (χ4v) is 7.19. The molecule has 0 aromatic rings. The van der Waals surface area contributed by atoms with Gasteiger partial charge < -0.3 is 33.9 Å². The molecule has 0 aromatic carbocycles. The quantitative estimate of drug-likeness (QED) is 0.0709. The minimum Gasteiger partial charge on any atom is -0.464 e. The lowest BCUT2D eigenvalue weighted by atomic mass is 9.75. The number of piperidine rings is 1. The largest absolute Gasteiger partial charge is 0.509 e. The molecule has 0 amide bonds. The van der Waals surface area contributed by atoms with Gasteiger partial charge in [0.15, 0.2) is 5.79 Å². The number of rotatable bonds is 21. The van der Waals surface area contributed by atoms with E-state index in [0.29, 0.717) is 25.8 Å². The Morgan fingerprint density at radius 2 is 1.07 bits per heavy atom. The molecule has 0 radical (unpaired) electrons. The molecule has 2 N–H and O–H groups in total. The third-order valence-corrected chi connectivity index (χ3v) is 9.08. The Morgan fingerprint density at radius 1 is 0.667 bits per heavy atom. The normalized spacial score (nSPS) is 20.0. The molecular weight excluding hydrogens is 582 g/mol. The summed E-state index contributed by atoms with van der Waals surface area (Å²) < 4.78 is 27.0. The topological polar surface area (TPSA) is 141 Å². The van der Waals surface area contributed by atoms with Crippen molar-refractivity contribution < 1.29 is 48.3 Å². The molecule has 11 heteroatoms. The maximum Gasteiger partial charge on any atom is 0.509 e. The average molecular weight is 644 g/mol. The van der Waals surface area contributed by atoms with E-state index in [4.69, 9.17) is 33.9 Å². The molecule has 2 aliphatic rings. The van der Waals surface area contributed by atoms with Crippen LogP contribution in [0.15, 0.2) is 0 Å². The summed E-state index contributed by atoms with van der Waals surface area (Å²) in [5, 5.41) is 18.1. The third kappa shape index (κ3) is 14.0. The first kappa shape index (κ1) is 39.1. The molecule has 0 unspecified atom stereocenters. The Bertz CT molecular complexity index is 859. The van der Waals surface area contributed by atoms with Gasteiger partial charge in [-0.3, -0.25) is 9.69 Å². The molecule has 0 saturated carbocycles. The van der Waals surface area contributed by atoms with Crippen LogP contribution in [-0.2, 0) is 28.5 Å².